The Balaban J connectivity index is 2.08. The molecule has 0 unspecified atom stereocenters. The summed E-state index contributed by atoms with van der Waals surface area (Å²) >= 11 is 0. The fourth-order valence-electron chi connectivity index (χ4n) is 3.89. The van der Waals surface area contributed by atoms with Crippen molar-refractivity contribution in [2.45, 2.75) is 25.2 Å². The van der Waals surface area contributed by atoms with Crippen molar-refractivity contribution in [3.63, 3.8) is 0 Å². The van der Waals surface area contributed by atoms with E-state index in [4.69, 9.17) is 0 Å². The van der Waals surface area contributed by atoms with Crippen molar-refractivity contribution in [1.82, 2.24) is 9.13 Å². The molecule has 6 nitrogen and oxygen atoms in total. The Morgan fingerprint density at radius 3 is 2.42 bits per heavy atom. The zero-order valence-corrected chi connectivity index (χ0v) is 14.5. The van der Waals surface area contributed by atoms with Crippen LogP contribution in [0.5, 0.6) is 0 Å². The molecule has 0 saturated carbocycles. The number of nitrogens with one attached hydrogen (secondary N) is 1. The van der Waals surface area contributed by atoms with Gasteiger partial charge in [0.15, 0.2) is 5.78 Å². The van der Waals surface area contributed by atoms with Crippen molar-refractivity contribution in [1.29, 1.82) is 0 Å². The fraction of sp³-hybridized carbons (Fsp3) is 0.316. The summed E-state index contributed by atoms with van der Waals surface area (Å²) in [5.41, 5.74) is 1.40. The Morgan fingerprint density at radius 2 is 1.73 bits per heavy atom. The maximum absolute atomic E-state index is 13.4. The van der Waals surface area contributed by atoms with Gasteiger partial charge in [0.1, 0.15) is 11.6 Å². The molecule has 0 amide bonds. The lowest BCUT2D eigenvalue weighted by Gasteiger charge is -2.34. The molecule has 1 aliphatic carbocycles. The second kappa shape index (κ2) is 5.79. The summed E-state index contributed by atoms with van der Waals surface area (Å²) in [6.07, 6.45) is 1.80. The first kappa shape index (κ1) is 16.5. The number of hydrogen-bond donors (Lipinski definition) is 1. The number of nitrogens with zero attached hydrogens (tertiary/aromatic N) is 2. The van der Waals surface area contributed by atoms with Crippen molar-refractivity contribution in [3.8, 4) is 0 Å². The second-order valence-corrected chi connectivity index (χ2v) is 6.75. The molecule has 1 aromatic heterocycles. The monoisotopic (exact) mass is 355 g/mol. The van der Waals surface area contributed by atoms with E-state index in [2.05, 4.69) is 5.32 Å². The zero-order valence-electron chi connectivity index (χ0n) is 14.5. The van der Waals surface area contributed by atoms with Crippen LogP contribution in [-0.4, -0.2) is 14.9 Å². The Hall–Kier alpha value is -2.96. The van der Waals surface area contributed by atoms with E-state index in [-0.39, 0.29) is 11.6 Å². The third kappa shape index (κ3) is 2.27. The predicted molar refractivity (Wildman–Crippen MR) is 94.7 cm³/mol. The molecular formula is C19H18FN3O3. The molecule has 1 aromatic carbocycles. The van der Waals surface area contributed by atoms with Gasteiger partial charge in [0.2, 0.25) is 0 Å². The lowest BCUT2D eigenvalue weighted by molar-refractivity contribution is -0.116. The summed E-state index contributed by atoms with van der Waals surface area (Å²) in [6.45, 7) is 0. The molecule has 7 heteroatoms. The SMILES string of the molecule is Cn1c2c(c(=O)n(C)c1=O)[C@@H](c1ccc(F)cc1)C1=C(CCCC1=O)N2. The molecule has 2 heterocycles. The van der Waals surface area contributed by atoms with Gasteiger partial charge < -0.3 is 5.32 Å². The van der Waals surface area contributed by atoms with Gasteiger partial charge in [-0.3, -0.25) is 18.7 Å². The number of benzene rings is 1. The minimum Gasteiger partial charge on any atom is -0.344 e. The smallest absolute Gasteiger partial charge is 0.332 e. The number of allylic oxidation sites excluding steroid dienone is 2. The number of carbonyl (C=O) groups excluding carboxylic acids is 1. The molecule has 1 N–H and O–H groups in total. The van der Waals surface area contributed by atoms with E-state index in [0.717, 1.165) is 16.7 Å². The summed E-state index contributed by atoms with van der Waals surface area (Å²) in [6, 6.07) is 5.81. The standard InChI is InChI=1S/C19H18FN3O3/c1-22-17-16(18(25)23(2)19(22)26)14(10-6-8-11(20)9-7-10)15-12(21-17)4-3-5-13(15)24/h6-9,14,21H,3-5H2,1-2H3/t14-/m0/s1. The van der Waals surface area contributed by atoms with Gasteiger partial charge in [-0.05, 0) is 30.5 Å². The highest BCUT2D eigenvalue weighted by atomic mass is 19.1. The van der Waals surface area contributed by atoms with Crippen LogP contribution in [0, 0.1) is 5.82 Å². The number of fused-ring (bicyclic) bond motifs is 1. The number of hydrogen-bond acceptors (Lipinski definition) is 4. The molecule has 2 aliphatic rings. The normalized spacial score (nSPS) is 19.0. The highest BCUT2D eigenvalue weighted by molar-refractivity contribution is 6.00. The largest absolute Gasteiger partial charge is 0.344 e. The summed E-state index contributed by atoms with van der Waals surface area (Å²) in [4.78, 5) is 37.9. The van der Waals surface area contributed by atoms with Crippen LogP contribution >= 0.6 is 0 Å². The molecule has 26 heavy (non-hydrogen) atoms. The number of anilines is 1. The van der Waals surface area contributed by atoms with Gasteiger partial charge in [0.25, 0.3) is 5.56 Å². The Morgan fingerprint density at radius 1 is 1.04 bits per heavy atom. The van der Waals surface area contributed by atoms with Crippen LogP contribution in [0.25, 0.3) is 0 Å². The summed E-state index contributed by atoms with van der Waals surface area (Å²) in [7, 11) is 3.00. The van der Waals surface area contributed by atoms with Gasteiger partial charge in [-0.2, -0.15) is 0 Å². The number of Topliss-reactive ketones (excluding diaryl/α,β-unsaturated/α-hetero) is 1. The predicted octanol–water partition coefficient (Wildman–Crippen LogP) is 1.79. The lowest BCUT2D eigenvalue weighted by atomic mass is 9.76. The van der Waals surface area contributed by atoms with E-state index in [1.807, 2.05) is 0 Å². The molecule has 0 spiro atoms. The van der Waals surface area contributed by atoms with Crippen molar-refractivity contribution in [2.75, 3.05) is 5.32 Å². The molecule has 2 aromatic rings. The third-order valence-electron chi connectivity index (χ3n) is 5.21. The van der Waals surface area contributed by atoms with E-state index in [9.17, 15) is 18.8 Å². The highest BCUT2D eigenvalue weighted by Crippen LogP contribution is 2.43. The lowest BCUT2D eigenvalue weighted by Crippen LogP contribution is -2.44. The van der Waals surface area contributed by atoms with Crippen LogP contribution in [0.1, 0.15) is 36.3 Å². The Kier molecular flexibility index (Phi) is 3.68. The van der Waals surface area contributed by atoms with Gasteiger partial charge >= 0.3 is 5.69 Å². The molecule has 1 aliphatic heterocycles. The molecule has 0 radical (unpaired) electrons. The van der Waals surface area contributed by atoms with E-state index >= 15 is 0 Å². The summed E-state index contributed by atoms with van der Waals surface area (Å²) < 4.78 is 15.8. The molecule has 4 rings (SSSR count). The number of ketones is 1. The Bertz CT molecular complexity index is 1080. The van der Waals surface area contributed by atoms with Gasteiger partial charge in [0.05, 0.1) is 5.56 Å². The average Bonchev–Trinajstić information content (AvgIpc) is 2.64. The quantitative estimate of drug-likeness (QED) is 0.846. The summed E-state index contributed by atoms with van der Waals surface area (Å²) in [5, 5.41) is 3.15. The number of rotatable bonds is 1. The highest BCUT2D eigenvalue weighted by Gasteiger charge is 2.38. The number of carbonyl (C=O) groups is 1. The Labute approximate surface area is 148 Å². The van der Waals surface area contributed by atoms with E-state index < -0.39 is 17.2 Å². The van der Waals surface area contributed by atoms with Crippen molar-refractivity contribution >= 4 is 11.6 Å². The topological polar surface area (TPSA) is 73.1 Å². The first-order valence-electron chi connectivity index (χ1n) is 8.48. The molecule has 134 valence electrons. The molecule has 0 fully saturated rings. The molecule has 0 bridgehead atoms. The van der Waals surface area contributed by atoms with Gasteiger partial charge in [-0.1, -0.05) is 12.1 Å². The van der Waals surface area contributed by atoms with Crippen LogP contribution < -0.4 is 16.6 Å². The maximum atomic E-state index is 13.4. The minimum absolute atomic E-state index is 0.0189. The van der Waals surface area contributed by atoms with Crippen LogP contribution in [0.3, 0.4) is 0 Å². The molecule has 1 atom stereocenters. The van der Waals surface area contributed by atoms with E-state index in [0.29, 0.717) is 35.4 Å². The molecule has 0 saturated heterocycles. The second-order valence-electron chi connectivity index (χ2n) is 6.75. The van der Waals surface area contributed by atoms with Gasteiger partial charge in [-0.25, -0.2) is 9.18 Å². The van der Waals surface area contributed by atoms with Gasteiger partial charge in [0, 0.05) is 37.7 Å². The fourth-order valence-corrected chi connectivity index (χ4v) is 3.89. The third-order valence-corrected chi connectivity index (χ3v) is 5.21. The maximum Gasteiger partial charge on any atom is 0.332 e. The van der Waals surface area contributed by atoms with Crippen LogP contribution in [-0.2, 0) is 18.9 Å². The number of halogens is 1. The minimum atomic E-state index is -0.611. The molecular weight excluding hydrogens is 337 g/mol. The van der Waals surface area contributed by atoms with Crippen molar-refractivity contribution < 1.29 is 9.18 Å². The van der Waals surface area contributed by atoms with Crippen molar-refractivity contribution in [3.05, 3.63) is 73.3 Å². The van der Waals surface area contributed by atoms with Gasteiger partial charge in [-0.15, -0.1) is 0 Å². The van der Waals surface area contributed by atoms with Crippen LogP contribution in [0.2, 0.25) is 0 Å². The first-order valence-corrected chi connectivity index (χ1v) is 8.48. The van der Waals surface area contributed by atoms with Crippen LogP contribution in [0.4, 0.5) is 10.2 Å². The van der Waals surface area contributed by atoms with E-state index in [1.165, 1.54) is 23.7 Å². The van der Waals surface area contributed by atoms with Crippen LogP contribution in [0.15, 0.2) is 45.1 Å². The average molecular weight is 355 g/mol. The van der Waals surface area contributed by atoms with E-state index in [1.54, 1.807) is 19.2 Å². The summed E-state index contributed by atoms with van der Waals surface area (Å²) in [5.74, 6) is -0.615. The number of aromatic nitrogens is 2. The first-order chi connectivity index (χ1) is 12.4. The van der Waals surface area contributed by atoms with Crippen molar-refractivity contribution in [2.24, 2.45) is 14.1 Å². The zero-order chi connectivity index (χ0) is 18.6.